The van der Waals surface area contributed by atoms with Crippen LogP contribution in [0.5, 0.6) is 11.5 Å². The van der Waals surface area contributed by atoms with Gasteiger partial charge in [-0.05, 0) is 65.7 Å². The highest BCUT2D eigenvalue weighted by Gasteiger charge is 2.24. The van der Waals surface area contributed by atoms with E-state index in [2.05, 4.69) is 133 Å². The topological polar surface area (TPSA) is 48.1 Å². The van der Waals surface area contributed by atoms with E-state index in [1.807, 2.05) is 42.9 Å². The van der Waals surface area contributed by atoms with Gasteiger partial charge in [0.1, 0.15) is 29.8 Å². The van der Waals surface area contributed by atoms with E-state index in [0.29, 0.717) is 6.67 Å². The molecule has 0 N–H and O–H groups in total. The van der Waals surface area contributed by atoms with Gasteiger partial charge in [-0.1, -0.05) is 66.7 Å². The quantitative estimate of drug-likeness (QED) is 0.203. The third kappa shape index (κ3) is 4.26. The maximum absolute atomic E-state index is 6.73. The Morgan fingerprint density at radius 1 is 0.578 bits per heavy atom. The predicted octanol–water partition coefficient (Wildman–Crippen LogP) is 9.61. The van der Waals surface area contributed by atoms with E-state index in [1.165, 1.54) is 5.39 Å². The first-order valence-electron chi connectivity index (χ1n) is 15.0. The fourth-order valence-corrected chi connectivity index (χ4v) is 6.49. The molecule has 9 rings (SSSR count). The van der Waals surface area contributed by atoms with Crippen molar-refractivity contribution in [3.05, 3.63) is 152 Å². The smallest absolute Gasteiger partial charge is 0.143 e. The molecule has 0 saturated heterocycles. The number of anilines is 2. The zero-order chi connectivity index (χ0) is 29.7. The summed E-state index contributed by atoms with van der Waals surface area (Å²) in [6, 6.07) is 46.2. The molecule has 0 spiro atoms. The SMILES string of the molecule is c1ccc(-c2cc(Oc3ccc4c5ccccc5n(-c5ccccn5)c4c3)cc(N3Cn4ccnc4-c4ccccc43)c2)cc1. The molecule has 0 saturated carbocycles. The number of fused-ring (bicyclic) bond motifs is 6. The Bertz CT molecular complexity index is 2340. The van der Waals surface area contributed by atoms with E-state index < -0.39 is 0 Å². The molecule has 6 nitrogen and oxygen atoms in total. The molecule has 6 heteroatoms. The van der Waals surface area contributed by atoms with Crippen LogP contribution in [-0.4, -0.2) is 19.1 Å². The van der Waals surface area contributed by atoms with Crippen molar-refractivity contribution >= 4 is 33.2 Å². The lowest BCUT2D eigenvalue weighted by molar-refractivity contribution is 0.483. The summed E-state index contributed by atoms with van der Waals surface area (Å²) in [5, 5.41) is 2.34. The van der Waals surface area contributed by atoms with E-state index in [9.17, 15) is 0 Å². The zero-order valence-electron chi connectivity index (χ0n) is 24.3. The molecule has 5 aromatic carbocycles. The number of ether oxygens (including phenoxy) is 1. The molecule has 0 amide bonds. The van der Waals surface area contributed by atoms with Gasteiger partial charge in [-0.2, -0.15) is 0 Å². The summed E-state index contributed by atoms with van der Waals surface area (Å²) in [5.41, 5.74) is 7.64. The molecular weight excluding hydrogens is 554 g/mol. The molecule has 0 bridgehead atoms. The van der Waals surface area contributed by atoms with Gasteiger partial charge in [-0.3, -0.25) is 4.57 Å². The summed E-state index contributed by atoms with van der Waals surface area (Å²) in [7, 11) is 0. The summed E-state index contributed by atoms with van der Waals surface area (Å²) in [4.78, 5) is 11.6. The van der Waals surface area contributed by atoms with Crippen molar-refractivity contribution in [3.8, 4) is 39.8 Å². The minimum Gasteiger partial charge on any atom is -0.457 e. The van der Waals surface area contributed by atoms with Crippen molar-refractivity contribution in [2.45, 2.75) is 6.67 Å². The number of pyridine rings is 1. The summed E-state index contributed by atoms with van der Waals surface area (Å²) >= 11 is 0. The van der Waals surface area contributed by atoms with Gasteiger partial charge in [0.2, 0.25) is 0 Å². The molecular formula is C39H27N5O. The van der Waals surface area contributed by atoms with Crippen molar-refractivity contribution in [1.29, 1.82) is 0 Å². The highest BCUT2D eigenvalue weighted by atomic mass is 16.5. The van der Waals surface area contributed by atoms with Crippen LogP contribution in [0.2, 0.25) is 0 Å². The molecule has 8 aromatic rings. The summed E-state index contributed by atoms with van der Waals surface area (Å²) < 4.78 is 11.1. The standard InChI is InChI=1S/C39H27N5O/c1-2-10-27(11-3-1)28-22-29(43-26-42-21-20-41-39(42)34-13-5-6-14-35(34)43)24-31(23-28)45-30-17-18-33-32-12-4-7-15-36(32)44(37(33)25-30)38-16-8-9-19-40-38/h1-25H,26H2. The van der Waals surface area contributed by atoms with E-state index in [1.54, 1.807) is 0 Å². The van der Waals surface area contributed by atoms with Crippen LogP contribution < -0.4 is 9.64 Å². The van der Waals surface area contributed by atoms with E-state index in [0.717, 1.165) is 67.6 Å². The number of nitrogens with zero attached hydrogens (tertiary/aromatic N) is 5. The van der Waals surface area contributed by atoms with Crippen LogP contribution in [0.4, 0.5) is 11.4 Å². The van der Waals surface area contributed by atoms with E-state index in [4.69, 9.17) is 4.74 Å². The minimum absolute atomic E-state index is 0.653. The lowest BCUT2D eigenvalue weighted by atomic mass is 10.0. The molecule has 3 aromatic heterocycles. The Morgan fingerprint density at radius 2 is 1.40 bits per heavy atom. The Labute approximate surface area is 260 Å². The molecule has 45 heavy (non-hydrogen) atoms. The highest BCUT2D eigenvalue weighted by Crippen LogP contribution is 2.42. The number of hydrogen-bond acceptors (Lipinski definition) is 4. The first kappa shape index (κ1) is 25.4. The fraction of sp³-hybridized carbons (Fsp3) is 0.0256. The van der Waals surface area contributed by atoms with Crippen molar-refractivity contribution in [2.75, 3.05) is 4.90 Å². The highest BCUT2D eigenvalue weighted by molar-refractivity contribution is 6.09. The van der Waals surface area contributed by atoms with Crippen LogP contribution in [0, 0.1) is 0 Å². The van der Waals surface area contributed by atoms with Crippen LogP contribution in [0.25, 0.3) is 50.1 Å². The predicted molar refractivity (Wildman–Crippen MR) is 180 cm³/mol. The second-order valence-corrected chi connectivity index (χ2v) is 11.2. The number of benzene rings is 5. The molecule has 4 heterocycles. The lowest BCUT2D eigenvalue weighted by Crippen LogP contribution is -2.25. The van der Waals surface area contributed by atoms with Crippen LogP contribution in [-0.2, 0) is 6.67 Å². The minimum atomic E-state index is 0.653. The second kappa shape index (κ2) is 10.2. The van der Waals surface area contributed by atoms with Crippen LogP contribution in [0.15, 0.2) is 152 Å². The Morgan fingerprint density at radius 3 is 2.31 bits per heavy atom. The number of rotatable bonds is 5. The molecule has 0 atom stereocenters. The van der Waals surface area contributed by atoms with Crippen molar-refractivity contribution < 1.29 is 4.74 Å². The molecule has 0 aliphatic carbocycles. The maximum atomic E-state index is 6.73. The summed E-state index contributed by atoms with van der Waals surface area (Å²) in [6.07, 6.45) is 5.73. The van der Waals surface area contributed by atoms with Gasteiger partial charge in [-0.25, -0.2) is 9.97 Å². The molecule has 0 unspecified atom stereocenters. The largest absolute Gasteiger partial charge is 0.457 e. The zero-order valence-corrected chi connectivity index (χ0v) is 24.3. The molecule has 214 valence electrons. The van der Waals surface area contributed by atoms with E-state index in [-0.39, 0.29) is 0 Å². The Kier molecular flexibility index (Phi) is 5.77. The maximum Gasteiger partial charge on any atom is 0.143 e. The second-order valence-electron chi connectivity index (χ2n) is 11.2. The molecule has 1 aliphatic rings. The van der Waals surface area contributed by atoms with Gasteiger partial charge < -0.3 is 14.2 Å². The number of aromatic nitrogens is 4. The van der Waals surface area contributed by atoms with Crippen LogP contribution in [0.3, 0.4) is 0 Å². The Balaban J connectivity index is 1.18. The van der Waals surface area contributed by atoms with Gasteiger partial charge in [0.25, 0.3) is 0 Å². The average molecular weight is 582 g/mol. The van der Waals surface area contributed by atoms with Crippen molar-refractivity contribution in [3.63, 3.8) is 0 Å². The number of para-hydroxylation sites is 2. The first-order valence-corrected chi connectivity index (χ1v) is 15.0. The Hall–Kier alpha value is -6.14. The molecule has 0 radical (unpaired) electrons. The fourth-order valence-electron chi connectivity index (χ4n) is 6.49. The van der Waals surface area contributed by atoms with Gasteiger partial charge in [0.15, 0.2) is 0 Å². The monoisotopic (exact) mass is 581 g/mol. The van der Waals surface area contributed by atoms with Gasteiger partial charge in [0, 0.05) is 52.7 Å². The van der Waals surface area contributed by atoms with Gasteiger partial charge in [-0.15, -0.1) is 0 Å². The lowest BCUT2D eigenvalue weighted by Gasteiger charge is -2.32. The number of hydrogen-bond donors (Lipinski definition) is 0. The average Bonchev–Trinajstić information content (AvgIpc) is 3.71. The first-order chi connectivity index (χ1) is 22.3. The van der Waals surface area contributed by atoms with Crippen LogP contribution in [0.1, 0.15) is 0 Å². The third-order valence-corrected chi connectivity index (χ3v) is 8.51. The third-order valence-electron chi connectivity index (χ3n) is 8.51. The number of imidazole rings is 1. The van der Waals surface area contributed by atoms with Crippen molar-refractivity contribution in [1.82, 2.24) is 19.1 Å². The summed E-state index contributed by atoms with van der Waals surface area (Å²) in [6.45, 7) is 0.653. The molecule has 1 aliphatic heterocycles. The van der Waals surface area contributed by atoms with E-state index >= 15 is 0 Å². The van der Waals surface area contributed by atoms with Gasteiger partial charge in [0.05, 0.1) is 16.7 Å². The normalized spacial score (nSPS) is 12.3. The van der Waals surface area contributed by atoms with Crippen LogP contribution >= 0.6 is 0 Å². The van der Waals surface area contributed by atoms with Crippen molar-refractivity contribution in [2.24, 2.45) is 0 Å². The molecule has 0 fully saturated rings. The summed E-state index contributed by atoms with van der Waals surface area (Å²) in [5.74, 6) is 3.38. The van der Waals surface area contributed by atoms with Gasteiger partial charge >= 0.3 is 0 Å².